The van der Waals surface area contributed by atoms with Gasteiger partial charge in [0.25, 0.3) is 0 Å². The topological polar surface area (TPSA) is 23.8 Å². The Labute approximate surface area is 150 Å². The average Bonchev–Trinajstić information content (AvgIpc) is 2.68. The summed E-state index contributed by atoms with van der Waals surface area (Å²) in [7, 11) is 0. The van der Waals surface area contributed by atoms with Crippen molar-refractivity contribution in [3.05, 3.63) is 95.1 Å². The summed E-state index contributed by atoms with van der Waals surface area (Å²) in [5.74, 6) is 0. The highest BCUT2D eigenvalue weighted by molar-refractivity contribution is 5.64. The molecule has 0 aliphatic heterocycles. The van der Waals surface area contributed by atoms with Crippen LogP contribution in [0.1, 0.15) is 35.6 Å². The number of aryl methyl sites for hydroxylation is 3. The van der Waals surface area contributed by atoms with E-state index in [-0.39, 0.29) is 0 Å². The summed E-state index contributed by atoms with van der Waals surface area (Å²) in [6, 6.07) is 27.8. The second kappa shape index (κ2) is 8.31. The predicted molar refractivity (Wildman–Crippen MR) is 104 cm³/mol. The van der Waals surface area contributed by atoms with Crippen LogP contribution in [0.5, 0.6) is 0 Å². The molecule has 3 rings (SSSR count). The van der Waals surface area contributed by atoms with Crippen molar-refractivity contribution in [2.45, 2.75) is 32.6 Å². The molecule has 1 nitrogen and oxygen atoms in total. The van der Waals surface area contributed by atoms with E-state index in [1.165, 1.54) is 34.2 Å². The molecule has 0 N–H and O–H groups in total. The Morgan fingerprint density at radius 3 is 1.40 bits per heavy atom. The molecule has 0 unspecified atom stereocenters. The van der Waals surface area contributed by atoms with Gasteiger partial charge in [-0.25, -0.2) is 0 Å². The SMILES string of the molecule is CCCc1ccc(-c2ccc(CCc3ccc(C#N)cc3)cc2)cc1. The Bertz CT molecular complexity index is 835. The van der Waals surface area contributed by atoms with Crippen LogP contribution in [0.15, 0.2) is 72.8 Å². The Kier molecular flexibility index (Phi) is 5.65. The zero-order valence-electron chi connectivity index (χ0n) is 14.7. The second-order valence-corrected chi connectivity index (χ2v) is 6.45. The van der Waals surface area contributed by atoms with Crippen molar-refractivity contribution in [2.75, 3.05) is 0 Å². The highest BCUT2D eigenvalue weighted by Gasteiger charge is 2.01. The van der Waals surface area contributed by atoms with Crippen LogP contribution in [0.2, 0.25) is 0 Å². The maximum Gasteiger partial charge on any atom is 0.0991 e. The number of rotatable bonds is 6. The lowest BCUT2D eigenvalue weighted by Gasteiger charge is -2.06. The van der Waals surface area contributed by atoms with Crippen LogP contribution in [0.3, 0.4) is 0 Å². The summed E-state index contributed by atoms with van der Waals surface area (Å²) in [4.78, 5) is 0. The first-order valence-electron chi connectivity index (χ1n) is 8.96. The van der Waals surface area contributed by atoms with Gasteiger partial charge in [0.1, 0.15) is 0 Å². The number of nitriles is 1. The van der Waals surface area contributed by atoms with Crippen molar-refractivity contribution in [2.24, 2.45) is 0 Å². The van der Waals surface area contributed by atoms with Crippen LogP contribution >= 0.6 is 0 Å². The Morgan fingerprint density at radius 2 is 1.00 bits per heavy atom. The average molecular weight is 325 g/mol. The molecule has 25 heavy (non-hydrogen) atoms. The van der Waals surface area contributed by atoms with E-state index in [9.17, 15) is 0 Å². The number of benzene rings is 3. The largest absolute Gasteiger partial charge is 0.192 e. The summed E-state index contributed by atoms with van der Waals surface area (Å²) in [5, 5.41) is 8.85. The Balaban J connectivity index is 1.62. The molecule has 0 saturated heterocycles. The molecule has 0 saturated carbocycles. The van der Waals surface area contributed by atoms with Crippen molar-refractivity contribution in [1.82, 2.24) is 0 Å². The van der Waals surface area contributed by atoms with Gasteiger partial charge in [-0.05, 0) is 59.2 Å². The molecule has 0 aliphatic carbocycles. The molecule has 0 atom stereocenters. The van der Waals surface area contributed by atoms with Crippen LogP contribution in [-0.2, 0) is 19.3 Å². The zero-order valence-corrected chi connectivity index (χ0v) is 14.7. The van der Waals surface area contributed by atoms with Gasteiger partial charge in [-0.3, -0.25) is 0 Å². The lowest BCUT2D eigenvalue weighted by atomic mass is 9.99. The molecule has 0 heterocycles. The van der Waals surface area contributed by atoms with Gasteiger partial charge in [0, 0.05) is 0 Å². The molecule has 3 aromatic rings. The lowest BCUT2D eigenvalue weighted by molar-refractivity contribution is 0.922. The number of nitrogens with zero attached hydrogens (tertiary/aromatic N) is 1. The minimum absolute atomic E-state index is 0.720. The number of hydrogen-bond acceptors (Lipinski definition) is 1. The van der Waals surface area contributed by atoms with Gasteiger partial charge < -0.3 is 0 Å². The highest BCUT2D eigenvalue weighted by atomic mass is 14.2. The fraction of sp³-hybridized carbons (Fsp3) is 0.208. The van der Waals surface area contributed by atoms with Gasteiger partial charge in [-0.15, -0.1) is 0 Å². The Hall–Kier alpha value is -2.85. The van der Waals surface area contributed by atoms with E-state index in [1.54, 1.807) is 0 Å². The van der Waals surface area contributed by atoms with Crippen LogP contribution in [0.25, 0.3) is 11.1 Å². The summed E-state index contributed by atoms with van der Waals surface area (Å²) in [5.41, 5.74) is 7.29. The molecule has 0 radical (unpaired) electrons. The van der Waals surface area contributed by atoms with Gasteiger partial charge in [0.2, 0.25) is 0 Å². The van der Waals surface area contributed by atoms with Gasteiger partial charge in [-0.2, -0.15) is 5.26 Å². The lowest BCUT2D eigenvalue weighted by Crippen LogP contribution is -1.91. The quantitative estimate of drug-likeness (QED) is 0.548. The number of hydrogen-bond donors (Lipinski definition) is 0. The monoisotopic (exact) mass is 325 g/mol. The van der Waals surface area contributed by atoms with Crippen molar-refractivity contribution < 1.29 is 0 Å². The molecule has 0 aliphatic rings. The van der Waals surface area contributed by atoms with Crippen molar-refractivity contribution in [3.63, 3.8) is 0 Å². The third-order valence-electron chi connectivity index (χ3n) is 4.57. The summed E-state index contributed by atoms with van der Waals surface area (Å²) in [6.45, 7) is 2.21. The smallest absolute Gasteiger partial charge is 0.0991 e. The van der Waals surface area contributed by atoms with Crippen LogP contribution < -0.4 is 0 Å². The third-order valence-corrected chi connectivity index (χ3v) is 4.57. The third kappa shape index (κ3) is 4.58. The molecule has 0 spiro atoms. The first-order chi connectivity index (χ1) is 12.3. The first kappa shape index (κ1) is 17.0. The van der Waals surface area contributed by atoms with E-state index in [0.717, 1.165) is 24.8 Å². The second-order valence-electron chi connectivity index (χ2n) is 6.45. The molecule has 1 heteroatoms. The fourth-order valence-electron chi connectivity index (χ4n) is 3.05. The van der Waals surface area contributed by atoms with Gasteiger partial charge in [0.15, 0.2) is 0 Å². The van der Waals surface area contributed by atoms with Gasteiger partial charge >= 0.3 is 0 Å². The molecular formula is C24H23N. The van der Waals surface area contributed by atoms with Crippen LogP contribution in [-0.4, -0.2) is 0 Å². The van der Waals surface area contributed by atoms with E-state index in [1.807, 2.05) is 24.3 Å². The van der Waals surface area contributed by atoms with E-state index < -0.39 is 0 Å². The van der Waals surface area contributed by atoms with Crippen molar-refractivity contribution in [1.29, 1.82) is 5.26 Å². The highest BCUT2D eigenvalue weighted by Crippen LogP contribution is 2.21. The Morgan fingerprint density at radius 1 is 0.600 bits per heavy atom. The summed E-state index contributed by atoms with van der Waals surface area (Å²) < 4.78 is 0. The predicted octanol–water partition coefficient (Wildman–Crippen LogP) is 5.96. The fourth-order valence-corrected chi connectivity index (χ4v) is 3.05. The van der Waals surface area contributed by atoms with Crippen LogP contribution in [0, 0.1) is 11.3 Å². The van der Waals surface area contributed by atoms with Crippen molar-refractivity contribution in [3.8, 4) is 17.2 Å². The minimum atomic E-state index is 0.720. The molecule has 0 aromatic heterocycles. The zero-order chi connectivity index (χ0) is 17.5. The molecule has 0 fully saturated rings. The maximum absolute atomic E-state index is 8.85. The van der Waals surface area contributed by atoms with E-state index >= 15 is 0 Å². The molecule has 3 aromatic carbocycles. The maximum atomic E-state index is 8.85. The molecule has 0 bridgehead atoms. The van der Waals surface area contributed by atoms with Gasteiger partial charge in [-0.1, -0.05) is 74.0 Å². The van der Waals surface area contributed by atoms with E-state index in [0.29, 0.717) is 0 Å². The van der Waals surface area contributed by atoms with E-state index in [4.69, 9.17) is 5.26 Å². The minimum Gasteiger partial charge on any atom is -0.192 e. The van der Waals surface area contributed by atoms with Crippen LogP contribution in [0.4, 0.5) is 0 Å². The summed E-state index contributed by atoms with van der Waals surface area (Å²) in [6.07, 6.45) is 4.35. The van der Waals surface area contributed by atoms with E-state index in [2.05, 4.69) is 61.5 Å². The molecular weight excluding hydrogens is 302 g/mol. The summed E-state index contributed by atoms with van der Waals surface area (Å²) >= 11 is 0. The van der Waals surface area contributed by atoms with Gasteiger partial charge in [0.05, 0.1) is 11.6 Å². The first-order valence-corrected chi connectivity index (χ1v) is 8.96. The molecule has 0 amide bonds. The van der Waals surface area contributed by atoms with Crippen molar-refractivity contribution >= 4 is 0 Å². The molecule has 124 valence electrons. The normalized spacial score (nSPS) is 10.4. The standard InChI is InChI=1S/C24H23N/c1-2-3-19-10-14-23(15-11-19)24-16-12-21(13-17-24)5-4-20-6-8-22(18-25)9-7-20/h6-17H,2-5H2,1H3.